The summed E-state index contributed by atoms with van der Waals surface area (Å²) in [5.41, 5.74) is 1.98. The zero-order valence-corrected chi connectivity index (χ0v) is 11.0. The third kappa shape index (κ3) is 2.36. The predicted octanol–water partition coefficient (Wildman–Crippen LogP) is 1.49. The molecule has 0 aliphatic carbocycles. The molecule has 2 unspecified atom stereocenters. The second-order valence-electron chi connectivity index (χ2n) is 4.70. The number of nitrogens with zero attached hydrogens (tertiary/aromatic N) is 3. The molecule has 6 nitrogen and oxygen atoms in total. The van der Waals surface area contributed by atoms with Crippen molar-refractivity contribution in [3.63, 3.8) is 0 Å². The van der Waals surface area contributed by atoms with Gasteiger partial charge in [0.1, 0.15) is 0 Å². The highest BCUT2D eigenvalue weighted by atomic mass is 16.5. The summed E-state index contributed by atoms with van der Waals surface area (Å²) in [6.07, 6.45) is 4.59. The van der Waals surface area contributed by atoms with Gasteiger partial charge in [-0.15, -0.1) is 0 Å². The summed E-state index contributed by atoms with van der Waals surface area (Å²) in [5, 5.41) is 7.37. The Hall–Kier alpha value is -1.79. The molecular weight excluding hydrogens is 244 g/mol. The van der Waals surface area contributed by atoms with Crippen LogP contribution in [0.4, 0.5) is 0 Å². The zero-order valence-electron chi connectivity index (χ0n) is 11.0. The first-order valence-electron chi connectivity index (χ1n) is 6.28. The Morgan fingerprint density at radius 3 is 3.11 bits per heavy atom. The fraction of sp³-hybridized carbons (Fsp3) is 0.462. The van der Waals surface area contributed by atoms with Crippen LogP contribution in [0.2, 0.25) is 0 Å². The molecule has 0 amide bonds. The highest BCUT2D eigenvalue weighted by molar-refractivity contribution is 5.57. The summed E-state index contributed by atoms with van der Waals surface area (Å²) < 4.78 is 10.7. The van der Waals surface area contributed by atoms with Crippen LogP contribution in [0.25, 0.3) is 11.4 Å². The predicted molar refractivity (Wildman–Crippen MR) is 68.4 cm³/mol. The Balaban J connectivity index is 1.82. The van der Waals surface area contributed by atoms with E-state index < -0.39 is 0 Å². The Bertz CT molecular complexity index is 569. The van der Waals surface area contributed by atoms with Crippen LogP contribution in [0, 0.1) is 6.92 Å². The summed E-state index contributed by atoms with van der Waals surface area (Å²) >= 11 is 0. The van der Waals surface area contributed by atoms with Crippen molar-refractivity contribution in [1.29, 1.82) is 0 Å². The van der Waals surface area contributed by atoms with Crippen LogP contribution in [-0.2, 0) is 4.74 Å². The number of hydrogen-bond acceptors (Lipinski definition) is 6. The van der Waals surface area contributed by atoms with E-state index in [-0.39, 0.29) is 12.1 Å². The molecule has 2 aromatic rings. The van der Waals surface area contributed by atoms with Crippen LogP contribution in [0.1, 0.15) is 23.9 Å². The molecule has 100 valence electrons. The van der Waals surface area contributed by atoms with Crippen LogP contribution >= 0.6 is 0 Å². The molecule has 0 spiro atoms. The van der Waals surface area contributed by atoms with Crippen LogP contribution < -0.4 is 5.32 Å². The Morgan fingerprint density at radius 2 is 2.37 bits per heavy atom. The number of rotatable bonds is 3. The van der Waals surface area contributed by atoms with Crippen LogP contribution in [-0.4, -0.2) is 34.9 Å². The monoisotopic (exact) mass is 260 g/mol. The first-order valence-corrected chi connectivity index (χ1v) is 6.28. The van der Waals surface area contributed by atoms with Gasteiger partial charge in [-0.05, 0) is 25.0 Å². The van der Waals surface area contributed by atoms with E-state index in [2.05, 4.69) is 20.4 Å². The number of methoxy groups -OCH3 is 1. The van der Waals surface area contributed by atoms with Gasteiger partial charge in [0, 0.05) is 31.6 Å². The molecule has 1 N–H and O–H groups in total. The third-order valence-electron chi connectivity index (χ3n) is 3.42. The van der Waals surface area contributed by atoms with Crippen molar-refractivity contribution in [3.8, 4) is 11.4 Å². The molecule has 1 aliphatic heterocycles. The largest absolute Gasteiger partial charge is 0.380 e. The molecule has 0 saturated carbocycles. The minimum absolute atomic E-state index is 0.0772. The number of pyridine rings is 1. The van der Waals surface area contributed by atoms with Crippen molar-refractivity contribution in [3.05, 3.63) is 29.9 Å². The van der Waals surface area contributed by atoms with Crippen LogP contribution in [0.5, 0.6) is 0 Å². The van der Waals surface area contributed by atoms with E-state index >= 15 is 0 Å². The summed E-state index contributed by atoms with van der Waals surface area (Å²) in [5.74, 6) is 1.23. The summed E-state index contributed by atoms with van der Waals surface area (Å²) in [4.78, 5) is 8.53. The zero-order chi connectivity index (χ0) is 13.2. The molecule has 1 fully saturated rings. The quantitative estimate of drug-likeness (QED) is 0.901. The normalized spacial score (nSPS) is 22.8. The number of nitrogens with one attached hydrogen (secondary N) is 1. The maximum absolute atomic E-state index is 5.35. The first kappa shape index (κ1) is 12.3. The Labute approximate surface area is 111 Å². The van der Waals surface area contributed by atoms with E-state index in [0.717, 1.165) is 24.1 Å². The maximum Gasteiger partial charge on any atom is 0.244 e. The summed E-state index contributed by atoms with van der Waals surface area (Å²) in [6, 6.07) is 1.97. The van der Waals surface area contributed by atoms with Gasteiger partial charge >= 0.3 is 0 Å². The van der Waals surface area contributed by atoms with Gasteiger partial charge in [-0.2, -0.15) is 4.98 Å². The second kappa shape index (κ2) is 5.07. The van der Waals surface area contributed by atoms with Gasteiger partial charge in [0.2, 0.25) is 11.7 Å². The van der Waals surface area contributed by atoms with Gasteiger partial charge in [0.25, 0.3) is 0 Å². The van der Waals surface area contributed by atoms with Gasteiger partial charge in [0.05, 0.1) is 12.1 Å². The smallest absolute Gasteiger partial charge is 0.244 e. The van der Waals surface area contributed by atoms with Crippen molar-refractivity contribution in [2.45, 2.75) is 25.5 Å². The minimum atomic E-state index is 0.0772. The number of hydrogen-bond donors (Lipinski definition) is 1. The molecule has 0 bridgehead atoms. The second-order valence-corrected chi connectivity index (χ2v) is 4.70. The number of ether oxygens (including phenoxy) is 1. The van der Waals surface area contributed by atoms with Crippen molar-refractivity contribution >= 4 is 0 Å². The standard InChI is InChI=1S/C13H16N4O2/c1-8-6-14-4-3-10(8)12-16-13(19-17-12)11-5-9(18-2)7-15-11/h3-4,6,9,11,15H,5,7H2,1-2H3. The molecule has 6 heteroatoms. The average Bonchev–Trinajstić information content (AvgIpc) is 3.08. The minimum Gasteiger partial charge on any atom is -0.380 e. The lowest BCUT2D eigenvalue weighted by Crippen LogP contribution is -2.16. The maximum atomic E-state index is 5.35. The highest BCUT2D eigenvalue weighted by Crippen LogP contribution is 2.26. The van der Waals surface area contributed by atoms with E-state index in [1.54, 1.807) is 19.5 Å². The van der Waals surface area contributed by atoms with Crippen LogP contribution in [0.3, 0.4) is 0 Å². The number of aromatic nitrogens is 3. The lowest BCUT2D eigenvalue weighted by atomic mass is 10.1. The molecule has 0 aromatic carbocycles. The summed E-state index contributed by atoms with van der Waals surface area (Å²) in [6.45, 7) is 2.79. The van der Waals surface area contributed by atoms with Gasteiger partial charge in [-0.3, -0.25) is 4.98 Å². The highest BCUT2D eigenvalue weighted by Gasteiger charge is 2.29. The van der Waals surface area contributed by atoms with E-state index in [1.165, 1.54) is 0 Å². The first-order chi connectivity index (χ1) is 9.28. The molecule has 1 saturated heterocycles. The third-order valence-corrected chi connectivity index (χ3v) is 3.42. The molecule has 3 heterocycles. The van der Waals surface area contributed by atoms with E-state index in [1.807, 2.05) is 13.0 Å². The van der Waals surface area contributed by atoms with Crippen LogP contribution in [0.15, 0.2) is 23.0 Å². The van der Waals surface area contributed by atoms with E-state index in [9.17, 15) is 0 Å². The fourth-order valence-corrected chi connectivity index (χ4v) is 2.28. The topological polar surface area (TPSA) is 73.1 Å². The summed E-state index contributed by atoms with van der Waals surface area (Å²) in [7, 11) is 1.72. The molecule has 2 aromatic heterocycles. The lowest BCUT2D eigenvalue weighted by Gasteiger charge is -2.04. The fourth-order valence-electron chi connectivity index (χ4n) is 2.28. The Kier molecular flexibility index (Phi) is 3.27. The van der Waals surface area contributed by atoms with Gasteiger partial charge in [-0.25, -0.2) is 0 Å². The van der Waals surface area contributed by atoms with Crippen molar-refractivity contribution in [2.75, 3.05) is 13.7 Å². The Morgan fingerprint density at radius 1 is 1.47 bits per heavy atom. The lowest BCUT2D eigenvalue weighted by molar-refractivity contribution is 0.116. The average molecular weight is 260 g/mol. The van der Waals surface area contributed by atoms with Crippen molar-refractivity contribution in [2.24, 2.45) is 0 Å². The van der Waals surface area contributed by atoms with E-state index in [4.69, 9.17) is 9.26 Å². The SMILES string of the molecule is COC1CNC(c2nc(-c3ccncc3C)no2)C1. The van der Waals surface area contributed by atoms with Crippen molar-refractivity contribution in [1.82, 2.24) is 20.4 Å². The molecule has 19 heavy (non-hydrogen) atoms. The number of aryl methyl sites for hydroxylation is 1. The molecule has 1 aliphatic rings. The molecule has 0 radical (unpaired) electrons. The molecular formula is C13H16N4O2. The van der Waals surface area contributed by atoms with Gasteiger partial charge < -0.3 is 14.6 Å². The van der Waals surface area contributed by atoms with E-state index in [0.29, 0.717) is 11.7 Å². The van der Waals surface area contributed by atoms with Crippen molar-refractivity contribution < 1.29 is 9.26 Å². The van der Waals surface area contributed by atoms with Gasteiger partial charge in [0.15, 0.2) is 0 Å². The van der Waals surface area contributed by atoms with Gasteiger partial charge in [-0.1, -0.05) is 5.16 Å². The molecule has 3 rings (SSSR count). The molecule has 2 atom stereocenters.